The topological polar surface area (TPSA) is 52.0 Å². The van der Waals surface area contributed by atoms with Gasteiger partial charge in [0.2, 0.25) is 0 Å². The van der Waals surface area contributed by atoms with E-state index in [9.17, 15) is 0 Å². The first-order valence-corrected chi connectivity index (χ1v) is 5.61. The third-order valence-electron chi connectivity index (χ3n) is 2.47. The Hall–Kier alpha value is 1.08. The van der Waals surface area contributed by atoms with Crippen molar-refractivity contribution in [3.63, 3.8) is 0 Å². The van der Waals surface area contributed by atoms with E-state index in [1.807, 2.05) is 0 Å². The average Bonchev–Trinajstić information content (AvgIpc) is 2.00. The van der Waals surface area contributed by atoms with Gasteiger partial charge < -0.3 is 11.5 Å². The Morgan fingerprint density at radius 3 is 2.15 bits per heavy atom. The molecule has 13 heavy (non-hydrogen) atoms. The lowest BCUT2D eigenvalue weighted by Gasteiger charge is -2.46. The Kier molecular flexibility index (Phi) is 3.66. The molecule has 0 radical (unpaired) electrons. The van der Waals surface area contributed by atoms with Crippen LogP contribution in [0.25, 0.3) is 0 Å². The van der Waals surface area contributed by atoms with Gasteiger partial charge in [-0.3, -0.25) is 0 Å². The minimum absolute atomic E-state index is 0.406. The van der Waals surface area contributed by atoms with Crippen LogP contribution in [-0.2, 0) is 0 Å². The quantitative estimate of drug-likeness (QED) is 0.564. The number of alkyl halides is 4. The number of rotatable bonds is 1. The summed E-state index contributed by atoms with van der Waals surface area (Å²) in [6.45, 7) is 0. The van der Waals surface area contributed by atoms with Crippen molar-refractivity contribution in [2.24, 2.45) is 11.5 Å². The van der Waals surface area contributed by atoms with Crippen molar-refractivity contribution in [1.29, 1.82) is 0 Å². The van der Waals surface area contributed by atoms with Crippen LogP contribution in [-0.4, -0.2) is 20.8 Å². The molecule has 0 spiro atoms. The monoisotopic (exact) mass is 264 g/mol. The highest BCUT2D eigenvalue weighted by molar-refractivity contribution is 6.57. The van der Waals surface area contributed by atoms with Gasteiger partial charge in [0.25, 0.3) is 0 Å². The fourth-order valence-corrected chi connectivity index (χ4v) is 2.87. The lowest BCUT2D eigenvalue weighted by Crippen LogP contribution is -2.63. The van der Waals surface area contributed by atoms with Crippen LogP contribution in [0.15, 0.2) is 0 Å². The second-order valence-corrected chi connectivity index (χ2v) is 5.96. The van der Waals surface area contributed by atoms with Crippen LogP contribution in [0.3, 0.4) is 0 Å². The lowest BCUT2D eigenvalue weighted by atomic mass is 9.85. The van der Waals surface area contributed by atoms with Crippen molar-refractivity contribution in [2.75, 3.05) is 0 Å². The Labute approximate surface area is 97.8 Å². The number of hydrogen-bond acceptors (Lipinski definition) is 2. The highest BCUT2D eigenvalue weighted by Crippen LogP contribution is 2.52. The van der Waals surface area contributed by atoms with Gasteiger partial charge in [-0.2, -0.15) is 0 Å². The molecule has 1 rings (SSSR count). The van der Waals surface area contributed by atoms with E-state index in [2.05, 4.69) is 0 Å². The third kappa shape index (κ3) is 1.90. The van der Waals surface area contributed by atoms with E-state index in [0.29, 0.717) is 6.42 Å². The molecule has 0 heterocycles. The zero-order valence-electron chi connectivity index (χ0n) is 6.94. The summed E-state index contributed by atoms with van der Waals surface area (Å²) in [4.78, 5) is -1.03. The second-order valence-electron chi connectivity index (χ2n) is 3.37. The fourth-order valence-electron chi connectivity index (χ4n) is 1.54. The molecule has 0 aromatic heterocycles. The molecule has 1 fully saturated rings. The molecule has 0 aromatic carbocycles. The summed E-state index contributed by atoms with van der Waals surface area (Å²) < 4.78 is -1.26. The molecule has 0 aliphatic heterocycles. The van der Waals surface area contributed by atoms with Crippen LogP contribution in [0.4, 0.5) is 0 Å². The summed E-state index contributed by atoms with van der Waals surface area (Å²) in [6, 6.07) is 0. The van der Waals surface area contributed by atoms with Crippen molar-refractivity contribution in [3.8, 4) is 0 Å². The van der Waals surface area contributed by atoms with E-state index >= 15 is 0 Å². The van der Waals surface area contributed by atoms with Gasteiger partial charge >= 0.3 is 0 Å². The molecule has 2 nitrogen and oxygen atoms in total. The van der Waals surface area contributed by atoms with Crippen LogP contribution in [0, 0.1) is 0 Å². The number of hydrogen-bond donors (Lipinski definition) is 2. The normalized spacial score (nSPS) is 39.5. The summed E-state index contributed by atoms with van der Waals surface area (Å²) in [7, 11) is 0. The van der Waals surface area contributed by atoms with E-state index in [4.69, 9.17) is 57.9 Å². The molecule has 1 aliphatic carbocycles. The number of nitrogens with two attached hydrogens (primary N) is 2. The minimum atomic E-state index is -1.26. The molecule has 1 saturated carbocycles. The molecule has 1 aliphatic rings. The highest BCUT2D eigenvalue weighted by Gasteiger charge is 2.57. The van der Waals surface area contributed by atoms with Crippen LogP contribution in [0.1, 0.15) is 19.3 Å². The van der Waals surface area contributed by atoms with Crippen molar-refractivity contribution >= 4 is 46.4 Å². The Morgan fingerprint density at radius 1 is 1.23 bits per heavy atom. The van der Waals surface area contributed by atoms with Gasteiger partial charge in [-0.05, 0) is 19.3 Å². The van der Waals surface area contributed by atoms with Crippen LogP contribution >= 0.6 is 46.4 Å². The van der Waals surface area contributed by atoms with Crippen molar-refractivity contribution < 1.29 is 0 Å². The standard InChI is InChI=1S/C7H12Cl4N2/c8-4-2-1-3-6(9,5(12)13)7(4,10)11/h4-5H,1-3,12-13H2. The first kappa shape index (κ1) is 12.2. The number of halogens is 4. The maximum Gasteiger partial charge on any atom is 0.156 e. The van der Waals surface area contributed by atoms with E-state index in [-0.39, 0.29) is 0 Å². The summed E-state index contributed by atoms with van der Waals surface area (Å²) >= 11 is 24.3. The molecular formula is C7H12Cl4N2. The van der Waals surface area contributed by atoms with Crippen molar-refractivity contribution in [3.05, 3.63) is 0 Å². The zero-order chi connectivity index (χ0) is 10.3. The van der Waals surface area contributed by atoms with E-state index in [1.54, 1.807) is 0 Å². The lowest BCUT2D eigenvalue weighted by molar-refractivity contribution is 0.325. The zero-order valence-corrected chi connectivity index (χ0v) is 9.97. The van der Waals surface area contributed by atoms with Gasteiger partial charge in [0.05, 0.1) is 11.5 Å². The molecule has 2 atom stereocenters. The van der Waals surface area contributed by atoms with Gasteiger partial charge in [0, 0.05) is 0 Å². The van der Waals surface area contributed by atoms with Gasteiger partial charge in [0.15, 0.2) is 4.33 Å². The molecule has 2 unspecified atom stereocenters. The van der Waals surface area contributed by atoms with Crippen LogP contribution < -0.4 is 11.5 Å². The van der Waals surface area contributed by atoms with Gasteiger partial charge in [-0.15, -0.1) is 23.2 Å². The van der Waals surface area contributed by atoms with Crippen molar-refractivity contribution in [2.45, 2.75) is 40.0 Å². The first-order chi connectivity index (χ1) is 5.82. The molecule has 4 N–H and O–H groups in total. The molecule has 78 valence electrons. The highest BCUT2D eigenvalue weighted by atomic mass is 35.5. The molecule has 0 saturated heterocycles. The Morgan fingerprint density at radius 2 is 1.77 bits per heavy atom. The largest absolute Gasteiger partial charge is 0.315 e. The molecule has 6 heteroatoms. The maximum absolute atomic E-state index is 6.20. The molecule has 0 amide bonds. The summed E-state index contributed by atoms with van der Waals surface area (Å²) in [6.07, 6.45) is 1.38. The first-order valence-electron chi connectivity index (χ1n) is 4.04. The van der Waals surface area contributed by atoms with E-state index < -0.39 is 20.8 Å². The summed E-state index contributed by atoms with van der Waals surface area (Å²) in [5.41, 5.74) is 11.1. The third-order valence-corrected chi connectivity index (χ3v) is 5.38. The summed E-state index contributed by atoms with van der Waals surface area (Å²) in [5, 5.41) is -0.406. The fraction of sp³-hybridized carbons (Fsp3) is 1.00. The minimum Gasteiger partial charge on any atom is -0.315 e. The smallest absolute Gasteiger partial charge is 0.156 e. The molecule has 0 bridgehead atoms. The predicted molar refractivity (Wildman–Crippen MR) is 58.7 cm³/mol. The van der Waals surface area contributed by atoms with Gasteiger partial charge in [-0.1, -0.05) is 23.2 Å². The summed E-state index contributed by atoms with van der Waals surface area (Å²) in [5.74, 6) is 0. The van der Waals surface area contributed by atoms with E-state index in [0.717, 1.165) is 12.8 Å². The molecular weight excluding hydrogens is 254 g/mol. The Balaban J connectivity index is 2.95. The van der Waals surface area contributed by atoms with Gasteiger partial charge in [0.1, 0.15) is 4.87 Å². The van der Waals surface area contributed by atoms with Crippen LogP contribution in [0.5, 0.6) is 0 Å². The average molecular weight is 266 g/mol. The maximum atomic E-state index is 6.20. The van der Waals surface area contributed by atoms with E-state index in [1.165, 1.54) is 0 Å². The Bertz CT molecular complexity index is 197. The second kappa shape index (κ2) is 3.92. The van der Waals surface area contributed by atoms with Crippen LogP contribution in [0.2, 0.25) is 0 Å². The predicted octanol–water partition coefficient (Wildman–Crippen LogP) is 2.17. The SMILES string of the molecule is NC(N)C1(Cl)CCCC(Cl)C1(Cl)Cl. The molecule has 0 aromatic rings. The van der Waals surface area contributed by atoms with Gasteiger partial charge in [-0.25, -0.2) is 0 Å². The van der Waals surface area contributed by atoms with Crippen molar-refractivity contribution in [1.82, 2.24) is 0 Å².